The molecule has 2 heterocycles. The molecule has 0 aliphatic carbocycles. The minimum Gasteiger partial charge on any atom is -0.459 e. The van der Waals surface area contributed by atoms with Crippen LogP contribution in [0.3, 0.4) is 0 Å². The van der Waals surface area contributed by atoms with Gasteiger partial charge in [0.1, 0.15) is 11.4 Å². The number of ether oxygens (including phenoxy) is 1. The zero-order valence-electron chi connectivity index (χ0n) is 16.8. The van der Waals surface area contributed by atoms with E-state index in [2.05, 4.69) is 98.6 Å². The van der Waals surface area contributed by atoms with Crippen molar-refractivity contribution in [1.29, 1.82) is 0 Å². The molecule has 0 saturated heterocycles. The Bertz CT molecular complexity index is 1340. The number of rotatable bonds is 0. The van der Waals surface area contributed by atoms with Crippen molar-refractivity contribution in [2.45, 2.75) is 25.0 Å². The van der Waals surface area contributed by atoms with Crippen LogP contribution in [0.5, 0.6) is 5.75 Å². The minimum absolute atomic E-state index is 0.270. The fraction of sp³-hybridized carbons (Fsp3) is 0.192. The second kappa shape index (κ2) is 5.38. The number of benzene rings is 4. The highest BCUT2D eigenvalue weighted by atomic mass is 16.5. The highest BCUT2D eigenvalue weighted by Crippen LogP contribution is 2.55. The summed E-state index contributed by atoms with van der Waals surface area (Å²) in [6.45, 7) is 4.50. The molecule has 0 bridgehead atoms. The van der Waals surface area contributed by atoms with E-state index in [9.17, 15) is 0 Å². The molecule has 0 amide bonds. The minimum atomic E-state index is -0.672. The van der Waals surface area contributed by atoms with Crippen LogP contribution in [-0.4, -0.2) is 19.0 Å². The summed E-state index contributed by atoms with van der Waals surface area (Å²) in [4.78, 5) is 7.24. The zero-order valence-corrected chi connectivity index (χ0v) is 16.8. The van der Waals surface area contributed by atoms with Crippen molar-refractivity contribution in [1.82, 2.24) is 0 Å². The molecule has 1 spiro atoms. The van der Waals surface area contributed by atoms with Gasteiger partial charge in [0.05, 0.1) is 17.3 Å². The molecule has 6 rings (SSSR count). The maximum Gasteiger partial charge on any atom is 0.228 e. The van der Waals surface area contributed by atoms with Gasteiger partial charge in [0, 0.05) is 17.8 Å². The second-order valence-corrected chi connectivity index (χ2v) is 8.56. The normalized spacial score (nSPS) is 21.4. The van der Waals surface area contributed by atoms with Crippen LogP contribution in [-0.2, 0) is 5.41 Å². The summed E-state index contributed by atoms with van der Waals surface area (Å²) in [6, 6.07) is 25.5. The predicted molar refractivity (Wildman–Crippen MR) is 121 cm³/mol. The predicted octanol–water partition coefficient (Wildman–Crippen LogP) is 6.21. The van der Waals surface area contributed by atoms with Gasteiger partial charge in [0.25, 0.3) is 0 Å². The Morgan fingerprint density at radius 2 is 1.45 bits per heavy atom. The average Bonchev–Trinajstić information content (AvgIpc) is 2.92. The van der Waals surface area contributed by atoms with E-state index in [4.69, 9.17) is 9.73 Å². The Labute approximate surface area is 170 Å². The third-order valence-electron chi connectivity index (χ3n) is 6.80. The highest BCUT2D eigenvalue weighted by Gasteiger charge is 2.59. The van der Waals surface area contributed by atoms with Gasteiger partial charge in [-0.15, -0.1) is 0 Å². The van der Waals surface area contributed by atoms with Gasteiger partial charge in [-0.1, -0.05) is 66.7 Å². The largest absolute Gasteiger partial charge is 0.459 e. The van der Waals surface area contributed by atoms with E-state index < -0.39 is 5.72 Å². The summed E-state index contributed by atoms with van der Waals surface area (Å²) in [6.07, 6.45) is 2.01. The fourth-order valence-electron chi connectivity index (χ4n) is 5.14. The first-order chi connectivity index (χ1) is 14.0. The van der Waals surface area contributed by atoms with E-state index in [0.29, 0.717) is 0 Å². The van der Waals surface area contributed by atoms with Crippen molar-refractivity contribution in [3.8, 4) is 5.75 Å². The van der Waals surface area contributed by atoms with E-state index in [1.165, 1.54) is 27.4 Å². The summed E-state index contributed by atoms with van der Waals surface area (Å²) in [5.41, 5.74) is 2.49. The van der Waals surface area contributed by atoms with E-state index in [1.807, 2.05) is 6.21 Å². The number of nitrogens with zero attached hydrogens (tertiary/aromatic N) is 2. The van der Waals surface area contributed by atoms with Crippen LogP contribution >= 0.6 is 0 Å². The van der Waals surface area contributed by atoms with Crippen LogP contribution < -0.4 is 9.64 Å². The summed E-state index contributed by atoms with van der Waals surface area (Å²) in [5, 5.41) is 4.79. The van der Waals surface area contributed by atoms with Gasteiger partial charge in [-0.25, -0.2) is 0 Å². The number of fused-ring (bicyclic) bond motifs is 6. The second-order valence-electron chi connectivity index (χ2n) is 8.56. The number of likely N-dealkylation sites (N-methyl/N-ethyl adjacent to an activating group) is 1. The van der Waals surface area contributed by atoms with E-state index in [-0.39, 0.29) is 5.41 Å². The molecule has 0 saturated carbocycles. The van der Waals surface area contributed by atoms with Crippen molar-refractivity contribution in [2.24, 2.45) is 4.99 Å². The Hall–Kier alpha value is -3.33. The van der Waals surface area contributed by atoms with Gasteiger partial charge in [0.15, 0.2) is 0 Å². The molecule has 3 heteroatoms. The molecule has 0 N–H and O–H groups in total. The fourth-order valence-corrected chi connectivity index (χ4v) is 5.14. The van der Waals surface area contributed by atoms with Gasteiger partial charge in [0.2, 0.25) is 5.72 Å². The Morgan fingerprint density at radius 3 is 2.24 bits per heavy atom. The Morgan fingerprint density at radius 1 is 0.793 bits per heavy atom. The van der Waals surface area contributed by atoms with E-state index in [0.717, 1.165) is 16.8 Å². The standard InChI is InChI=1S/C26H22N2O/c1-25(2)21-14-12-18-9-5-7-11-20(18)24(21)28(3)26(25)16-27-23-19-10-6-4-8-17(19)13-15-22(23)29-26/h4-16H,1-3H3. The molecule has 29 heavy (non-hydrogen) atoms. The first-order valence-electron chi connectivity index (χ1n) is 10.0. The topological polar surface area (TPSA) is 24.8 Å². The summed E-state index contributed by atoms with van der Waals surface area (Å²) in [5.74, 6) is 0.836. The molecule has 0 fully saturated rings. The smallest absolute Gasteiger partial charge is 0.228 e. The molecule has 142 valence electrons. The van der Waals surface area contributed by atoms with Crippen LogP contribution in [0, 0.1) is 0 Å². The van der Waals surface area contributed by atoms with Crippen LogP contribution in [0.25, 0.3) is 21.5 Å². The molecule has 3 nitrogen and oxygen atoms in total. The molecule has 4 aromatic carbocycles. The SMILES string of the molecule is CN1c2c(ccc3ccccc23)C(C)(C)C12C=Nc1c(ccc3ccccc13)O2. The third-order valence-corrected chi connectivity index (χ3v) is 6.80. The molecular weight excluding hydrogens is 356 g/mol. The number of hydrogen-bond acceptors (Lipinski definition) is 3. The molecule has 1 atom stereocenters. The summed E-state index contributed by atoms with van der Waals surface area (Å²) < 4.78 is 6.82. The van der Waals surface area contributed by atoms with E-state index >= 15 is 0 Å². The summed E-state index contributed by atoms with van der Waals surface area (Å²) >= 11 is 0. The lowest BCUT2D eigenvalue weighted by molar-refractivity contribution is 0.0827. The van der Waals surface area contributed by atoms with Gasteiger partial charge in [-0.2, -0.15) is 0 Å². The third kappa shape index (κ3) is 1.95. The molecule has 2 aliphatic rings. The lowest BCUT2D eigenvalue weighted by Crippen LogP contribution is -2.61. The quantitative estimate of drug-likeness (QED) is 0.363. The first kappa shape index (κ1) is 16.6. The number of aliphatic imine (C=N–C) groups is 1. The van der Waals surface area contributed by atoms with Crippen molar-refractivity contribution in [2.75, 3.05) is 11.9 Å². The van der Waals surface area contributed by atoms with Crippen molar-refractivity contribution < 1.29 is 4.74 Å². The van der Waals surface area contributed by atoms with Crippen molar-refractivity contribution >= 4 is 39.1 Å². The van der Waals surface area contributed by atoms with E-state index in [1.54, 1.807) is 0 Å². The number of hydrogen-bond donors (Lipinski definition) is 0. The highest BCUT2D eigenvalue weighted by molar-refractivity contribution is 6.03. The van der Waals surface area contributed by atoms with Crippen LogP contribution in [0.4, 0.5) is 11.4 Å². The van der Waals surface area contributed by atoms with Gasteiger partial charge in [-0.05, 0) is 36.2 Å². The lowest BCUT2D eigenvalue weighted by atomic mass is 9.77. The monoisotopic (exact) mass is 378 g/mol. The van der Waals surface area contributed by atoms with Crippen molar-refractivity contribution in [3.05, 3.63) is 78.4 Å². The molecule has 0 radical (unpaired) electrons. The van der Waals surface area contributed by atoms with Gasteiger partial charge >= 0.3 is 0 Å². The van der Waals surface area contributed by atoms with Crippen LogP contribution in [0.2, 0.25) is 0 Å². The summed E-state index contributed by atoms with van der Waals surface area (Å²) in [7, 11) is 2.12. The van der Waals surface area contributed by atoms with Gasteiger partial charge < -0.3 is 9.64 Å². The molecule has 0 aromatic heterocycles. The first-order valence-corrected chi connectivity index (χ1v) is 10.0. The average molecular weight is 378 g/mol. The Kier molecular flexibility index (Phi) is 3.08. The molecule has 2 aliphatic heterocycles. The molecule has 4 aromatic rings. The van der Waals surface area contributed by atoms with Crippen molar-refractivity contribution in [3.63, 3.8) is 0 Å². The van der Waals surface area contributed by atoms with Crippen LogP contribution in [0.15, 0.2) is 77.8 Å². The molecular formula is C26H22N2O. The number of anilines is 1. The van der Waals surface area contributed by atoms with Gasteiger partial charge in [-0.3, -0.25) is 4.99 Å². The van der Waals surface area contributed by atoms with Crippen LogP contribution in [0.1, 0.15) is 19.4 Å². The Balaban J connectivity index is 1.59. The maximum absolute atomic E-state index is 6.82. The lowest BCUT2D eigenvalue weighted by Gasteiger charge is -2.45. The molecule has 1 unspecified atom stereocenters. The zero-order chi connectivity index (χ0) is 19.8. The maximum atomic E-state index is 6.82.